The lowest BCUT2D eigenvalue weighted by Gasteiger charge is -2.46. The van der Waals surface area contributed by atoms with Gasteiger partial charge >= 0.3 is 0 Å². The highest BCUT2D eigenvalue weighted by Crippen LogP contribution is 2.45. The first kappa shape index (κ1) is 17.0. The van der Waals surface area contributed by atoms with E-state index in [1.165, 1.54) is 12.5 Å². The van der Waals surface area contributed by atoms with Gasteiger partial charge in [-0.25, -0.2) is 4.39 Å². The number of hydrogen-bond donors (Lipinski definition) is 0. The molecule has 1 unspecified atom stereocenters. The summed E-state index contributed by atoms with van der Waals surface area (Å²) >= 11 is 0. The van der Waals surface area contributed by atoms with Gasteiger partial charge < -0.3 is 9.64 Å². The van der Waals surface area contributed by atoms with Crippen LogP contribution in [0.25, 0.3) is 0 Å². The number of piperazine rings is 1. The fourth-order valence-electron chi connectivity index (χ4n) is 4.46. The molecule has 0 spiro atoms. The summed E-state index contributed by atoms with van der Waals surface area (Å²) in [6, 6.07) is 6.63. The monoisotopic (exact) mass is 346 g/mol. The van der Waals surface area contributed by atoms with Crippen molar-refractivity contribution in [1.29, 1.82) is 0 Å². The highest BCUT2D eigenvalue weighted by atomic mass is 19.1. The van der Waals surface area contributed by atoms with Crippen LogP contribution in [0, 0.1) is 5.82 Å². The quantitative estimate of drug-likeness (QED) is 0.840. The second-order valence-corrected chi connectivity index (χ2v) is 7.67. The third-order valence-corrected chi connectivity index (χ3v) is 6.14. The topological polar surface area (TPSA) is 32.8 Å². The van der Waals surface area contributed by atoms with Crippen LogP contribution >= 0.6 is 0 Å². The van der Waals surface area contributed by atoms with Crippen molar-refractivity contribution in [2.24, 2.45) is 0 Å². The lowest BCUT2D eigenvalue weighted by Crippen LogP contribution is -2.57. The lowest BCUT2D eigenvalue weighted by molar-refractivity contribution is -0.143. The average Bonchev–Trinajstić information content (AvgIpc) is 3.07. The van der Waals surface area contributed by atoms with Crippen LogP contribution in [0.2, 0.25) is 0 Å². The summed E-state index contributed by atoms with van der Waals surface area (Å²) in [5, 5.41) is 0. The maximum atomic E-state index is 13.7. The van der Waals surface area contributed by atoms with Crippen molar-refractivity contribution in [2.45, 2.75) is 43.6 Å². The number of halogens is 1. The molecule has 2 aliphatic heterocycles. The normalized spacial score (nSPS) is 26.4. The zero-order valence-electron chi connectivity index (χ0n) is 14.8. The highest BCUT2D eigenvalue weighted by molar-refractivity contribution is 5.89. The number of carbonyl (C=O) groups is 1. The van der Waals surface area contributed by atoms with Crippen molar-refractivity contribution in [1.82, 2.24) is 9.80 Å². The van der Waals surface area contributed by atoms with Crippen LogP contribution in [0.15, 0.2) is 24.3 Å². The van der Waals surface area contributed by atoms with Crippen molar-refractivity contribution >= 4 is 5.91 Å². The lowest BCUT2D eigenvalue weighted by atomic mass is 9.63. The standard InChI is InChI=1S/C20H27FN2O2/c21-17-5-1-4-16(14-17)20(7-3-8-20)19(24)23-11-9-22(10-12-23)15-18-6-2-13-25-18/h1,4-5,14,18H,2-3,6-13,15H2. The molecular weight excluding hydrogens is 319 g/mol. The Morgan fingerprint density at radius 2 is 2.00 bits per heavy atom. The highest BCUT2D eigenvalue weighted by Gasteiger charge is 2.48. The molecule has 0 aromatic heterocycles. The molecule has 1 aliphatic carbocycles. The van der Waals surface area contributed by atoms with E-state index in [0.717, 1.165) is 70.6 Å². The minimum atomic E-state index is -0.487. The van der Waals surface area contributed by atoms with Crippen LogP contribution in [0.5, 0.6) is 0 Å². The summed E-state index contributed by atoms with van der Waals surface area (Å²) in [5.74, 6) is -0.0564. The van der Waals surface area contributed by atoms with Crippen LogP contribution in [-0.2, 0) is 14.9 Å². The second kappa shape index (κ2) is 7.04. The molecule has 2 saturated heterocycles. The van der Waals surface area contributed by atoms with Gasteiger partial charge in [0, 0.05) is 39.3 Å². The van der Waals surface area contributed by atoms with E-state index in [2.05, 4.69) is 4.90 Å². The molecular formula is C20H27FN2O2. The zero-order chi connectivity index (χ0) is 17.3. The Morgan fingerprint density at radius 1 is 1.20 bits per heavy atom. The van der Waals surface area contributed by atoms with Gasteiger partial charge in [0.2, 0.25) is 5.91 Å². The predicted octanol–water partition coefficient (Wildman–Crippen LogP) is 2.57. The SMILES string of the molecule is O=C(N1CCN(CC2CCCO2)CC1)C1(c2cccc(F)c2)CCC1. The van der Waals surface area contributed by atoms with Crippen LogP contribution < -0.4 is 0 Å². The summed E-state index contributed by atoms with van der Waals surface area (Å²) in [5.41, 5.74) is 0.365. The number of hydrogen-bond acceptors (Lipinski definition) is 3. The molecule has 1 atom stereocenters. The fourth-order valence-corrected chi connectivity index (χ4v) is 4.46. The first-order valence-electron chi connectivity index (χ1n) is 9.57. The molecule has 25 heavy (non-hydrogen) atoms. The van der Waals surface area contributed by atoms with E-state index < -0.39 is 5.41 Å². The van der Waals surface area contributed by atoms with Crippen molar-refractivity contribution in [3.05, 3.63) is 35.6 Å². The summed E-state index contributed by atoms with van der Waals surface area (Å²) in [7, 11) is 0. The Kier molecular flexibility index (Phi) is 4.78. The molecule has 4 nitrogen and oxygen atoms in total. The maximum Gasteiger partial charge on any atom is 0.233 e. The zero-order valence-corrected chi connectivity index (χ0v) is 14.8. The van der Waals surface area contributed by atoms with E-state index in [0.29, 0.717) is 6.10 Å². The number of ether oxygens (including phenoxy) is 1. The Morgan fingerprint density at radius 3 is 2.60 bits per heavy atom. The first-order valence-corrected chi connectivity index (χ1v) is 9.57. The Hall–Kier alpha value is -1.46. The van der Waals surface area contributed by atoms with Crippen LogP contribution in [0.1, 0.15) is 37.7 Å². The summed E-state index contributed by atoms with van der Waals surface area (Å²) in [6.45, 7) is 5.22. The number of nitrogens with zero attached hydrogens (tertiary/aromatic N) is 2. The Labute approximate surface area is 148 Å². The minimum Gasteiger partial charge on any atom is -0.377 e. The molecule has 3 aliphatic rings. The van der Waals surface area contributed by atoms with Crippen LogP contribution in [0.4, 0.5) is 4.39 Å². The maximum absolute atomic E-state index is 13.7. The van der Waals surface area contributed by atoms with Gasteiger partial charge in [0.05, 0.1) is 11.5 Å². The van der Waals surface area contributed by atoms with Crippen LogP contribution in [-0.4, -0.2) is 61.1 Å². The van der Waals surface area contributed by atoms with E-state index in [9.17, 15) is 9.18 Å². The molecule has 1 amide bonds. The average molecular weight is 346 g/mol. The number of amides is 1. The number of carbonyl (C=O) groups excluding carboxylic acids is 1. The van der Waals surface area contributed by atoms with Crippen molar-refractivity contribution in [3.63, 3.8) is 0 Å². The Bertz CT molecular complexity index is 618. The van der Waals surface area contributed by atoms with Crippen LogP contribution in [0.3, 0.4) is 0 Å². The molecule has 0 N–H and O–H groups in total. The molecule has 2 heterocycles. The van der Waals surface area contributed by atoms with Crippen molar-refractivity contribution in [2.75, 3.05) is 39.3 Å². The molecule has 136 valence electrons. The molecule has 1 aromatic carbocycles. The van der Waals surface area contributed by atoms with E-state index in [-0.39, 0.29) is 11.7 Å². The summed E-state index contributed by atoms with van der Waals surface area (Å²) < 4.78 is 19.4. The van der Waals surface area contributed by atoms with Gasteiger partial charge in [-0.05, 0) is 43.4 Å². The molecule has 4 rings (SSSR count). The van der Waals surface area contributed by atoms with E-state index in [1.807, 2.05) is 11.0 Å². The molecule has 0 bridgehead atoms. The minimum absolute atomic E-state index is 0.195. The third-order valence-electron chi connectivity index (χ3n) is 6.14. The van der Waals surface area contributed by atoms with Gasteiger partial charge in [0.1, 0.15) is 5.82 Å². The van der Waals surface area contributed by atoms with Crippen molar-refractivity contribution in [3.8, 4) is 0 Å². The summed E-state index contributed by atoms with van der Waals surface area (Å²) in [4.78, 5) is 17.6. The van der Waals surface area contributed by atoms with E-state index in [4.69, 9.17) is 4.74 Å². The van der Waals surface area contributed by atoms with Crippen molar-refractivity contribution < 1.29 is 13.9 Å². The predicted molar refractivity (Wildman–Crippen MR) is 93.9 cm³/mol. The second-order valence-electron chi connectivity index (χ2n) is 7.67. The number of benzene rings is 1. The molecule has 3 fully saturated rings. The Balaban J connectivity index is 1.39. The number of rotatable bonds is 4. The van der Waals surface area contributed by atoms with Gasteiger partial charge in [0.15, 0.2) is 0 Å². The van der Waals surface area contributed by atoms with Gasteiger partial charge in [-0.15, -0.1) is 0 Å². The van der Waals surface area contributed by atoms with E-state index >= 15 is 0 Å². The summed E-state index contributed by atoms with van der Waals surface area (Å²) in [6.07, 6.45) is 5.41. The smallest absolute Gasteiger partial charge is 0.233 e. The third kappa shape index (κ3) is 3.32. The van der Waals surface area contributed by atoms with Gasteiger partial charge in [-0.1, -0.05) is 18.6 Å². The molecule has 1 aromatic rings. The van der Waals surface area contributed by atoms with E-state index in [1.54, 1.807) is 12.1 Å². The first-order chi connectivity index (χ1) is 12.2. The molecule has 0 radical (unpaired) electrons. The van der Waals surface area contributed by atoms with Gasteiger partial charge in [-0.3, -0.25) is 9.69 Å². The molecule has 1 saturated carbocycles. The largest absolute Gasteiger partial charge is 0.377 e. The van der Waals surface area contributed by atoms with Gasteiger partial charge in [0.25, 0.3) is 0 Å². The van der Waals surface area contributed by atoms with Gasteiger partial charge in [-0.2, -0.15) is 0 Å². The molecule has 5 heteroatoms. The fraction of sp³-hybridized carbons (Fsp3) is 0.650.